The molecule has 0 unspecified atom stereocenters. The van der Waals surface area contributed by atoms with Crippen molar-refractivity contribution in [3.05, 3.63) is 53.3 Å². The summed E-state index contributed by atoms with van der Waals surface area (Å²) in [6, 6.07) is 10.3. The molecule has 5 heteroatoms. The summed E-state index contributed by atoms with van der Waals surface area (Å²) in [4.78, 5) is 14.4. The number of hydrogen-bond acceptors (Lipinski definition) is 3. The van der Waals surface area contributed by atoms with Crippen molar-refractivity contribution in [2.45, 2.75) is 13.0 Å². The molecule has 0 aliphatic carbocycles. The first-order valence-corrected chi connectivity index (χ1v) is 7.29. The van der Waals surface area contributed by atoms with Crippen molar-refractivity contribution in [3.63, 3.8) is 0 Å². The van der Waals surface area contributed by atoms with Gasteiger partial charge in [-0.3, -0.25) is 14.4 Å². The molecule has 0 radical (unpaired) electrons. The molecule has 1 N–H and O–H groups in total. The minimum Gasteiger partial charge on any atom is -0.349 e. The van der Waals surface area contributed by atoms with Crippen LogP contribution in [-0.2, 0) is 20.0 Å². The maximum absolute atomic E-state index is 12.0. The van der Waals surface area contributed by atoms with E-state index in [-0.39, 0.29) is 5.91 Å². The predicted octanol–water partition coefficient (Wildman–Crippen LogP) is 1.21. The summed E-state index contributed by atoms with van der Waals surface area (Å²) in [5, 5.41) is 6.96. The number of carbonyl (C=O) groups excluding carboxylic acids is 1. The van der Waals surface area contributed by atoms with Crippen LogP contribution in [0.2, 0.25) is 0 Å². The fraction of sp³-hybridized carbons (Fsp3) is 0.375. The molecular weight excluding hydrogens is 264 g/mol. The number of hydrogen-bond donors (Lipinski definition) is 1. The number of nitrogens with zero attached hydrogens (tertiary/aromatic N) is 3. The van der Waals surface area contributed by atoms with E-state index in [1.165, 1.54) is 11.1 Å². The number of aromatic nitrogens is 2. The minimum atomic E-state index is -0.0626. The number of benzene rings is 1. The highest BCUT2D eigenvalue weighted by molar-refractivity contribution is 5.92. The highest BCUT2D eigenvalue weighted by Crippen LogP contribution is 2.17. The highest BCUT2D eigenvalue weighted by atomic mass is 16.2. The van der Waals surface area contributed by atoms with E-state index < -0.39 is 0 Å². The predicted molar refractivity (Wildman–Crippen MR) is 81.0 cm³/mol. The molecular formula is C16H20N4O. The Morgan fingerprint density at radius 1 is 1.29 bits per heavy atom. The maximum Gasteiger partial charge on any atom is 0.269 e. The molecule has 1 amide bonds. The van der Waals surface area contributed by atoms with Crippen LogP contribution in [0, 0.1) is 0 Å². The number of nitrogens with one attached hydrogen (secondary N) is 1. The summed E-state index contributed by atoms with van der Waals surface area (Å²) in [6.07, 6.45) is 2.72. The second-order valence-corrected chi connectivity index (χ2v) is 5.39. The van der Waals surface area contributed by atoms with E-state index >= 15 is 0 Å². The topological polar surface area (TPSA) is 50.2 Å². The largest absolute Gasteiger partial charge is 0.349 e. The first-order valence-electron chi connectivity index (χ1n) is 7.29. The fourth-order valence-electron chi connectivity index (χ4n) is 2.76. The molecule has 21 heavy (non-hydrogen) atoms. The van der Waals surface area contributed by atoms with Crippen molar-refractivity contribution in [2.75, 3.05) is 19.6 Å². The van der Waals surface area contributed by atoms with Gasteiger partial charge in [0.05, 0.1) is 0 Å². The third-order valence-electron chi connectivity index (χ3n) is 3.98. The van der Waals surface area contributed by atoms with Gasteiger partial charge in [-0.15, -0.1) is 0 Å². The number of rotatable bonds is 4. The Kier molecular flexibility index (Phi) is 4.01. The maximum atomic E-state index is 12.0. The Bertz CT molecular complexity index is 635. The molecule has 0 spiro atoms. The lowest BCUT2D eigenvalue weighted by Gasteiger charge is -2.28. The van der Waals surface area contributed by atoms with Gasteiger partial charge in [-0.05, 0) is 23.6 Å². The highest BCUT2D eigenvalue weighted by Gasteiger charge is 2.15. The van der Waals surface area contributed by atoms with Gasteiger partial charge < -0.3 is 5.32 Å². The van der Waals surface area contributed by atoms with E-state index in [4.69, 9.17) is 0 Å². The molecule has 0 bridgehead atoms. The van der Waals surface area contributed by atoms with Crippen LogP contribution in [0.5, 0.6) is 0 Å². The van der Waals surface area contributed by atoms with Crippen LogP contribution >= 0.6 is 0 Å². The zero-order chi connectivity index (χ0) is 14.7. The summed E-state index contributed by atoms with van der Waals surface area (Å²) in [5.74, 6) is -0.0626. The van der Waals surface area contributed by atoms with Crippen molar-refractivity contribution < 1.29 is 4.79 Å². The fourth-order valence-corrected chi connectivity index (χ4v) is 2.76. The number of fused-ring (bicyclic) bond motifs is 1. The zero-order valence-electron chi connectivity index (χ0n) is 12.2. The standard InChI is InChI=1S/C16H20N4O/c1-19-15(6-8-18-19)16(21)17-9-11-20-10-7-13-4-2-3-5-14(13)12-20/h2-6,8H,7,9-12H2,1H3,(H,17,21). The number of carbonyl (C=O) groups is 1. The Hall–Kier alpha value is -2.14. The van der Waals surface area contributed by atoms with Crippen LogP contribution in [0.4, 0.5) is 0 Å². The summed E-state index contributed by atoms with van der Waals surface area (Å²) in [6.45, 7) is 3.56. The van der Waals surface area contributed by atoms with E-state index in [1.807, 2.05) is 0 Å². The van der Waals surface area contributed by atoms with Gasteiger partial charge in [0, 0.05) is 39.4 Å². The molecule has 0 fully saturated rings. The number of amides is 1. The van der Waals surface area contributed by atoms with Crippen molar-refractivity contribution in [1.82, 2.24) is 20.0 Å². The summed E-state index contributed by atoms with van der Waals surface area (Å²) < 4.78 is 1.59. The van der Waals surface area contributed by atoms with Crippen LogP contribution in [0.25, 0.3) is 0 Å². The lowest BCUT2D eigenvalue weighted by atomic mass is 10.00. The molecule has 1 aliphatic heterocycles. The molecule has 110 valence electrons. The molecule has 1 aromatic heterocycles. The van der Waals surface area contributed by atoms with Crippen LogP contribution in [0.15, 0.2) is 36.5 Å². The molecule has 0 atom stereocenters. The van der Waals surface area contributed by atoms with Gasteiger partial charge in [0.1, 0.15) is 5.69 Å². The molecule has 2 aromatic rings. The van der Waals surface area contributed by atoms with Gasteiger partial charge in [0.25, 0.3) is 5.91 Å². The van der Waals surface area contributed by atoms with Crippen LogP contribution in [-0.4, -0.2) is 40.2 Å². The lowest BCUT2D eigenvalue weighted by molar-refractivity contribution is 0.0938. The van der Waals surface area contributed by atoms with Gasteiger partial charge in [-0.25, -0.2) is 0 Å². The van der Waals surface area contributed by atoms with Gasteiger partial charge in [-0.1, -0.05) is 24.3 Å². The first-order chi connectivity index (χ1) is 10.2. The smallest absolute Gasteiger partial charge is 0.269 e. The van der Waals surface area contributed by atoms with Crippen LogP contribution in [0.3, 0.4) is 0 Å². The van der Waals surface area contributed by atoms with E-state index in [1.54, 1.807) is 24.0 Å². The van der Waals surface area contributed by atoms with Gasteiger partial charge in [-0.2, -0.15) is 5.10 Å². The Morgan fingerprint density at radius 2 is 2.10 bits per heavy atom. The lowest BCUT2D eigenvalue weighted by Crippen LogP contribution is -2.38. The summed E-state index contributed by atoms with van der Waals surface area (Å²) in [7, 11) is 1.77. The quantitative estimate of drug-likeness (QED) is 0.918. The molecule has 2 heterocycles. The Morgan fingerprint density at radius 3 is 2.86 bits per heavy atom. The average molecular weight is 284 g/mol. The third kappa shape index (κ3) is 3.13. The summed E-state index contributed by atoms with van der Waals surface area (Å²) in [5.41, 5.74) is 3.45. The van der Waals surface area contributed by atoms with Crippen molar-refractivity contribution >= 4 is 5.91 Å². The second-order valence-electron chi connectivity index (χ2n) is 5.39. The molecule has 0 saturated carbocycles. The average Bonchev–Trinajstić information content (AvgIpc) is 2.93. The molecule has 0 saturated heterocycles. The van der Waals surface area contributed by atoms with E-state index in [0.29, 0.717) is 12.2 Å². The van der Waals surface area contributed by atoms with Gasteiger partial charge in [0.2, 0.25) is 0 Å². The van der Waals surface area contributed by atoms with Gasteiger partial charge in [0.15, 0.2) is 0 Å². The number of aryl methyl sites for hydroxylation is 1. The third-order valence-corrected chi connectivity index (χ3v) is 3.98. The Balaban J connectivity index is 1.49. The van der Waals surface area contributed by atoms with Crippen molar-refractivity contribution in [1.29, 1.82) is 0 Å². The van der Waals surface area contributed by atoms with E-state index in [9.17, 15) is 4.79 Å². The SMILES string of the molecule is Cn1nccc1C(=O)NCCN1CCc2ccccc2C1. The Labute approximate surface area is 124 Å². The van der Waals surface area contributed by atoms with Gasteiger partial charge >= 0.3 is 0 Å². The molecule has 5 nitrogen and oxygen atoms in total. The van der Waals surface area contributed by atoms with E-state index in [0.717, 1.165) is 26.1 Å². The monoisotopic (exact) mass is 284 g/mol. The summed E-state index contributed by atoms with van der Waals surface area (Å²) >= 11 is 0. The van der Waals surface area contributed by atoms with Crippen molar-refractivity contribution in [3.8, 4) is 0 Å². The normalized spacial score (nSPS) is 14.7. The minimum absolute atomic E-state index is 0.0626. The molecule has 1 aromatic carbocycles. The molecule has 3 rings (SSSR count). The van der Waals surface area contributed by atoms with Crippen LogP contribution in [0.1, 0.15) is 21.6 Å². The van der Waals surface area contributed by atoms with Crippen LogP contribution < -0.4 is 5.32 Å². The molecule has 1 aliphatic rings. The second kappa shape index (κ2) is 6.10. The van der Waals surface area contributed by atoms with E-state index in [2.05, 4.69) is 39.6 Å². The zero-order valence-corrected chi connectivity index (χ0v) is 12.2. The van der Waals surface area contributed by atoms with Crippen molar-refractivity contribution in [2.24, 2.45) is 7.05 Å². The first kappa shape index (κ1) is 13.8.